The van der Waals surface area contributed by atoms with Gasteiger partial charge in [-0.05, 0) is 80.4 Å². The third-order valence-corrected chi connectivity index (χ3v) is 5.97. The summed E-state index contributed by atoms with van der Waals surface area (Å²) in [4.78, 5) is 38.2. The minimum Gasteiger partial charge on any atom is -0.493 e. The smallest absolute Gasteiger partial charge is 0.338 e. The Morgan fingerprint density at radius 1 is 0.923 bits per heavy atom. The number of carbonyl (C=O) groups is 2. The Labute approximate surface area is 225 Å². The maximum Gasteiger partial charge on any atom is 0.338 e. The lowest BCUT2D eigenvalue weighted by molar-refractivity contribution is -0.118. The maximum absolute atomic E-state index is 13.6. The predicted octanol–water partition coefficient (Wildman–Crippen LogP) is 5.29. The van der Waals surface area contributed by atoms with Crippen LogP contribution in [-0.4, -0.2) is 39.3 Å². The summed E-state index contributed by atoms with van der Waals surface area (Å²) in [6.45, 7) is 5.26. The van der Waals surface area contributed by atoms with Gasteiger partial charge in [0.1, 0.15) is 5.58 Å². The lowest BCUT2D eigenvalue weighted by atomic mass is 10.0. The lowest BCUT2D eigenvalue weighted by Gasteiger charge is -2.14. The van der Waals surface area contributed by atoms with Crippen LogP contribution in [0.5, 0.6) is 17.2 Å². The molecule has 1 aromatic heterocycles. The van der Waals surface area contributed by atoms with Crippen molar-refractivity contribution in [3.8, 4) is 28.6 Å². The Bertz CT molecular complexity index is 1590. The van der Waals surface area contributed by atoms with E-state index < -0.39 is 23.9 Å². The molecule has 202 valence electrons. The summed E-state index contributed by atoms with van der Waals surface area (Å²) in [7, 11) is 3.03. The number of esters is 1. The van der Waals surface area contributed by atoms with Crippen LogP contribution in [0, 0.1) is 13.8 Å². The van der Waals surface area contributed by atoms with E-state index in [1.807, 2.05) is 19.9 Å². The molecular formula is C30H29NO8. The number of methoxy groups -OCH3 is 2. The van der Waals surface area contributed by atoms with Crippen molar-refractivity contribution in [3.05, 3.63) is 81.5 Å². The van der Waals surface area contributed by atoms with Gasteiger partial charge in [0.05, 0.1) is 31.8 Å². The van der Waals surface area contributed by atoms with Crippen LogP contribution in [-0.2, 0) is 9.53 Å². The molecule has 0 spiro atoms. The van der Waals surface area contributed by atoms with Gasteiger partial charge < -0.3 is 28.7 Å². The number of aryl methyl sites for hydroxylation is 2. The first kappa shape index (κ1) is 27.3. The second-order valence-corrected chi connectivity index (χ2v) is 8.75. The maximum atomic E-state index is 13.6. The van der Waals surface area contributed by atoms with Crippen molar-refractivity contribution in [1.29, 1.82) is 0 Å². The van der Waals surface area contributed by atoms with E-state index in [4.69, 9.17) is 23.4 Å². The van der Waals surface area contributed by atoms with Crippen molar-refractivity contribution in [1.82, 2.24) is 0 Å². The zero-order valence-corrected chi connectivity index (χ0v) is 22.4. The van der Waals surface area contributed by atoms with E-state index >= 15 is 0 Å². The Hall–Kier alpha value is -4.79. The average molecular weight is 532 g/mol. The second kappa shape index (κ2) is 11.7. The molecule has 1 heterocycles. The number of anilines is 1. The molecule has 3 aromatic carbocycles. The van der Waals surface area contributed by atoms with Gasteiger partial charge in [0.15, 0.2) is 23.9 Å². The van der Waals surface area contributed by atoms with E-state index in [1.54, 1.807) is 55.5 Å². The highest BCUT2D eigenvalue weighted by molar-refractivity contribution is 5.94. The van der Waals surface area contributed by atoms with Gasteiger partial charge in [0.2, 0.25) is 11.2 Å². The molecule has 0 saturated heterocycles. The van der Waals surface area contributed by atoms with Crippen LogP contribution in [0.1, 0.15) is 28.4 Å². The molecule has 0 aliphatic rings. The predicted molar refractivity (Wildman–Crippen MR) is 147 cm³/mol. The molecule has 0 fully saturated rings. The molecule has 0 bridgehead atoms. The largest absolute Gasteiger partial charge is 0.493 e. The van der Waals surface area contributed by atoms with Gasteiger partial charge in [-0.25, -0.2) is 4.79 Å². The van der Waals surface area contributed by atoms with Gasteiger partial charge in [-0.1, -0.05) is 6.07 Å². The monoisotopic (exact) mass is 531 g/mol. The van der Waals surface area contributed by atoms with Crippen molar-refractivity contribution < 1.29 is 33.0 Å². The Balaban J connectivity index is 1.66. The summed E-state index contributed by atoms with van der Waals surface area (Å²) in [6, 6.07) is 15.0. The third kappa shape index (κ3) is 5.87. The lowest BCUT2D eigenvalue weighted by Crippen LogP contribution is -2.23. The summed E-state index contributed by atoms with van der Waals surface area (Å²) in [6.07, 6.45) is 0. The van der Waals surface area contributed by atoms with Gasteiger partial charge in [0.25, 0.3) is 5.91 Å². The number of hydrogen-bond donors (Lipinski definition) is 1. The number of benzene rings is 3. The fraction of sp³-hybridized carbons (Fsp3) is 0.233. The van der Waals surface area contributed by atoms with Crippen molar-refractivity contribution in [2.75, 3.05) is 32.8 Å². The van der Waals surface area contributed by atoms with Crippen molar-refractivity contribution in [3.63, 3.8) is 0 Å². The van der Waals surface area contributed by atoms with Crippen LogP contribution in [0.25, 0.3) is 22.3 Å². The second-order valence-electron chi connectivity index (χ2n) is 8.75. The Kier molecular flexibility index (Phi) is 8.19. The van der Waals surface area contributed by atoms with Crippen LogP contribution in [0.3, 0.4) is 0 Å². The summed E-state index contributed by atoms with van der Waals surface area (Å²) >= 11 is 0. The van der Waals surface area contributed by atoms with E-state index in [0.29, 0.717) is 39.3 Å². The zero-order chi connectivity index (χ0) is 28.1. The SMILES string of the molecule is CCOC(=O)c1ccc(NC(=O)COc2c(-c3ccc(OC)c(OC)c3)oc3cc(C)cc(C)c3c2=O)cc1. The normalized spacial score (nSPS) is 10.7. The van der Waals surface area contributed by atoms with Crippen LogP contribution in [0.2, 0.25) is 0 Å². The zero-order valence-electron chi connectivity index (χ0n) is 22.4. The quantitative estimate of drug-likeness (QED) is 0.290. The van der Waals surface area contributed by atoms with Crippen molar-refractivity contribution in [2.45, 2.75) is 20.8 Å². The molecule has 1 N–H and O–H groups in total. The number of nitrogens with one attached hydrogen (secondary N) is 1. The van der Waals surface area contributed by atoms with E-state index in [1.165, 1.54) is 14.2 Å². The number of fused-ring (bicyclic) bond motifs is 1. The van der Waals surface area contributed by atoms with E-state index in [9.17, 15) is 14.4 Å². The summed E-state index contributed by atoms with van der Waals surface area (Å²) in [5.41, 5.74) is 3.00. The molecule has 0 aliphatic carbocycles. The highest BCUT2D eigenvalue weighted by Crippen LogP contribution is 2.37. The van der Waals surface area contributed by atoms with E-state index in [2.05, 4.69) is 5.32 Å². The molecule has 4 rings (SSSR count). The fourth-order valence-corrected chi connectivity index (χ4v) is 4.21. The van der Waals surface area contributed by atoms with Crippen LogP contribution in [0.4, 0.5) is 5.69 Å². The summed E-state index contributed by atoms with van der Waals surface area (Å²) in [5, 5.41) is 3.06. The van der Waals surface area contributed by atoms with Crippen molar-refractivity contribution in [2.24, 2.45) is 0 Å². The summed E-state index contributed by atoms with van der Waals surface area (Å²) < 4.78 is 27.7. The van der Waals surface area contributed by atoms with Crippen molar-refractivity contribution >= 4 is 28.5 Å². The first-order chi connectivity index (χ1) is 18.7. The molecule has 0 atom stereocenters. The molecule has 0 unspecified atom stereocenters. The Morgan fingerprint density at radius 3 is 2.31 bits per heavy atom. The third-order valence-electron chi connectivity index (χ3n) is 5.97. The standard InChI is InChI=1S/C30H29NO8/c1-6-37-30(34)19-7-10-21(11-8-19)31-25(32)16-38-29-27(33)26-18(3)13-17(2)14-24(26)39-28(29)20-9-12-22(35-4)23(15-20)36-5/h7-15H,6,16H2,1-5H3,(H,31,32). The molecule has 4 aromatic rings. The number of ether oxygens (including phenoxy) is 4. The summed E-state index contributed by atoms with van der Waals surface area (Å²) in [5.74, 6) is 0.0479. The highest BCUT2D eigenvalue weighted by Gasteiger charge is 2.21. The molecule has 0 radical (unpaired) electrons. The molecule has 1 amide bonds. The molecular weight excluding hydrogens is 502 g/mol. The Morgan fingerprint density at radius 2 is 1.64 bits per heavy atom. The molecule has 9 nitrogen and oxygen atoms in total. The first-order valence-electron chi connectivity index (χ1n) is 12.3. The van der Waals surface area contributed by atoms with Crippen LogP contribution in [0.15, 0.2) is 63.8 Å². The minimum atomic E-state index is -0.503. The first-order valence-corrected chi connectivity index (χ1v) is 12.3. The fourth-order valence-electron chi connectivity index (χ4n) is 4.21. The number of carbonyl (C=O) groups excluding carboxylic acids is 2. The molecule has 9 heteroatoms. The van der Waals surface area contributed by atoms with Crippen LogP contribution >= 0.6 is 0 Å². The van der Waals surface area contributed by atoms with Gasteiger partial charge in [-0.15, -0.1) is 0 Å². The van der Waals surface area contributed by atoms with Crippen LogP contribution < -0.4 is 25.0 Å². The number of amides is 1. The van der Waals surface area contributed by atoms with E-state index in [-0.39, 0.29) is 18.1 Å². The average Bonchev–Trinajstić information content (AvgIpc) is 2.92. The van der Waals surface area contributed by atoms with Gasteiger partial charge in [-0.2, -0.15) is 0 Å². The van der Waals surface area contributed by atoms with Gasteiger partial charge in [-0.3, -0.25) is 9.59 Å². The topological polar surface area (TPSA) is 113 Å². The molecule has 0 saturated carbocycles. The van der Waals surface area contributed by atoms with Gasteiger partial charge in [0, 0.05) is 11.3 Å². The van der Waals surface area contributed by atoms with Gasteiger partial charge >= 0.3 is 5.97 Å². The molecule has 0 aliphatic heterocycles. The number of rotatable bonds is 9. The van der Waals surface area contributed by atoms with E-state index in [0.717, 1.165) is 11.1 Å². The minimum absolute atomic E-state index is 0.102. The number of hydrogen-bond acceptors (Lipinski definition) is 8. The highest BCUT2D eigenvalue weighted by atomic mass is 16.5. The molecule has 39 heavy (non-hydrogen) atoms.